The molecule has 0 fully saturated rings. The van der Waals surface area contributed by atoms with Crippen molar-refractivity contribution in [2.24, 2.45) is 0 Å². The molecule has 0 amide bonds. The van der Waals surface area contributed by atoms with Crippen LogP contribution in [0.4, 0.5) is 0 Å². The van der Waals surface area contributed by atoms with Crippen LogP contribution in [0, 0.1) is 0 Å². The van der Waals surface area contributed by atoms with Gasteiger partial charge in [-0.2, -0.15) is 0 Å². The highest BCUT2D eigenvalue weighted by molar-refractivity contribution is 5.77. The van der Waals surface area contributed by atoms with E-state index in [0.29, 0.717) is 11.4 Å². The molecule has 4 heteroatoms. The minimum atomic E-state index is 0.536. The van der Waals surface area contributed by atoms with Crippen LogP contribution in [0.2, 0.25) is 0 Å². The third-order valence-electron chi connectivity index (χ3n) is 2.17. The summed E-state index contributed by atoms with van der Waals surface area (Å²) in [6.45, 7) is 0. The molecule has 0 aliphatic heterocycles. The zero-order chi connectivity index (χ0) is 11.4. The molecule has 16 heavy (non-hydrogen) atoms. The van der Waals surface area contributed by atoms with Gasteiger partial charge in [-0.3, -0.25) is 9.78 Å². The van der Waals surface area contributed by atoms with Gasteiger partial charge in [0.25, 0.3) is 0 Å². The van der Waals surface area contributed by atoms with Gasteiger partial charge in [-0.1, -0.05) is 0 Å². The van der Waals surface area contributed by atoms with Crippen LogP contribution in [0.15, 0.2) is 36.8 Å². The molecule has 2 heterocycles. The molecule has 0 aliphatic rings. The molecule has 2 aromatic heterocycles. The molecular formula is C12H10N2O2. The fraction of sp³-hybridized carbons (Fsp3) is 0.0833. The SMILES string of the molecule is COc1cc(-c2cncc(C=O)c2)ccn1. The van der Waals surface area contributed by atoms with Crippen molar-refractivity contribution in [1.82, 2.24) is 9.97 Å². The summed E-state index contributed by atoms with van der Waals surface area (Å²) < 4.78 is 5.03. The number of pyridine rings is 2. The number of ether oxygens (including phenoxy) is 1. The molecule has 0 saturated heterocycles. The topological polar surface area (TPSA) is 52.1 Å². The van der Waals surface area contributed by atoms with E-state index in [4.69, 9.17) is 4.74 Å². The highest BCUT2D eigenvalue weighted by Crippen LogP contribution is 2.21. The Bertz CT molecular complexity index is 512. The second kappa shape index (κ2) is 4.53. The second-order valence-corrected chi connectivity index (χ2v) is 3.21. The summed E-state index contributed by atoms with van der Waals surface area (Å²) in [7, 11) is 1.56. The van der Waals surface area contributed by atoms with Gasteiger partial charge < -0.3 is 4.74 Å². The molecule has 0 bridgehead atoms. The van der Waals surface area contributed by atoms with Crippen molar-refractivity contribution in [2.75, 3.05) is 7.11 Å². The highest BCUT2D eigenvalue weighted by atomic mass is 16.5. The lowest BCUT2D eigenvalue weighted by atomic mass is 10.1. The van der Waals surface area contributed by atoms with E-state index in [1.54, 1.807) is 31.6 Å². The van der Waals surface area contributed by atoms with E-state index in [-0.39, 0.29) is 0 Å². The first kappa shape index (κ1) is 10.3. The van der Waals surface area contributed by atoms with E-state index in [1.165, 1.54) is 6.20 Å². The third-order valence-corrected chi connectivity index (χ3v) is 2.17. The van der Waals surface area contributed by atoms with Crippen molar-refractivity contribution in [3.8, 4) is 17.0 Å². The molecule has 2 rings (SSSR count). The molecule has 0 unspecified atom stereocenters. The van der Waals surface area contributed by atoms with Crippen molar-refractivity contribution in [2.45, 2.75) is 0 Å². The van der Waals surface area contributed by atoms with Gasteiger partial charge in [-0.15, -0.1) is 0 Å². The molecule has 0 atom stereocenters. The lowest BCUT2D eigenvalue weighted by Gasteiger charge is -2.03. The molecular weight excluding hydrogens is 204 g/mol. The smallest absolute Gasteiger partial charge is 0.213 e. The van der Waals surface area contributed by atoms with Crippen LogP contribution in [0.3, 0.4) is 0 Å². The van der Waals surface area contributed by atoms with E-state index in [1.807, 2.05) is 6.07 Å². The van der Waals surface area contributed by atoms with Gasteiger partial charge in [0.2, 0.25) is 5.88 Å². The van der Waals surface area contributed by atoms with Gasteiger partial charge in [0.15, 0.2) is 6.29 Å². The number of methoxy groups -OCH3 is 1. The van der Waals surface area contributed by atoms with E-state index < -0.39 is 0 Å². The van der Waals surface area contributed by atoms with Crippen LogP contribution in [0.5, 0.6) is 5.88 Å². The fourth-order valence-electron chi connectivity index (χ4n) is 1.38. The largest absolute Gasteiger partial charge is 0.481 e. The van der Waals surface area contributed by atoms with Gasteiger partial charge >= 0.3 is 0 Å². The zero-order valence-corrected chi connectivity index (χ0v) is 8.75. The first-order chi connectivity index (χ1) is 7.83. The van der Waals surface area contributed by atoms with Crippen LogP contribution >= 0.6 is 0 Å². The highest BCUT2D eigenvalue weighted by Gasteiger charge is 2.01. The van der Waals surface area contributed by atoms with Gasteiger partial charge in [0.05, 0.1) is 7.11 Å². The molecule has 0 aliphatic carbocycles. The standard InChI is InChI=1S/C12H10N2O2/c1-16-12-5-10(2-3-14-12)11-4-9(8-15)6-13-7-11/h2-8H,1H3. The van der Waals surface area contributed by atoms with Crippen molar-refractivity contribution in [3.63, 3.8) is 0 Å². The molecule has 0 spiro atoms. The van der Waals surface area contributed by atoms with Crippen LogP contribution in [-0.4, -0.2) is 23.4 Å². The zero-order valence-electron chi connectivity index (χ0n) is 8.75. The summed E-state index contributed by atoms with van der Waals surface area (Å²) in [5.74, 6) is 0.536. The Hall–Kier alpha value is -2.23. The molecule has 0 saturated carbocycles. The fourth-order valence-corrected chi connectivity index (χ4v) is 1.38. The normalized spacial score (nSPS) is 9.81. The number of hydrogen-bond acceptors (Lipinski definition) is 4. The second-order valence-electron chi connectivity index (χ2n) is 3.21. The summed E-state index contributed by atoms with van der Waals surface area (Å²) in [6.07, 6.45) is 5.65. The van der Waals surface area contributed by atoms with Crippen LogP contribution in [0.1, 0.15) is 10.4 Å². The molecule has 4 nitrogen and oxygen atoms in total. The van der Waals surface area contributed by atoms with Gasteiger partial charge in [-0.05, 0) is 17.7 Å². The first-order valence-electron chi connectivity index (χ1n) is 4.74. The number of aldehydes is 1. The number of aromatic nitrogens is 2. The number of rotatable bonds is 3. The minimum Gasteiger partial charge on any atom is -0.481 e. The molecule has 0 N–H and O–H groups in total. The molecule has 2 aromatic rings. The number of nitrogens with zero attached hydrogens (tertiary/aromatic N) is 2. The Labute approximate surface area is 92.9 Å². The lowest BCUT2D eigenvalue weighted by Crippen LogP contribution is -1.89. The average molecular weight is 214 g/mol. The Morgan fingerprint density at radius 1 is 1.25 bits per heavy atom. The van der Waals surface area contributed by atoms with E-state index in [2.05, 4.69) is 9.97 Å². The Morgan fingerprint density at radius 2 is 2.12 bits per heavy atom. The van der Waals surface area contributed by atoms with E-state index >= 15 is 0 Å². The predicted octanol–water partition coefficient (Wildman–Crippen LogP) is 1.96. The van der Waals surface area contributed by atoms with E-state index in [0.717, 1.165) is 17.4 Å². The maximum absolute atomic E-state index is 10.6. The van der Waals surface area contributed by atoms with Crippen LogP contribution < -0.4 is 4.74 Å². The van der Waals surface area contributed by atoms with Crippen LogP contribution in [-0.2, 0) is 0 Å². The van der Waals surface area contributed by atoms with Crippen molar-refractivity contribution in [1.29, 1.82) is 0 Å². The third kappa shape index (κ3) is 2.06. The Kier molecular flexibility index (Phi) is 2.91. The maximum atomic E-state index is 10.6. The van der Waals surface area contributed by atoms with Gasteiger partial charge in [0.1, 0.15) is 0 Å². The Balaban J connectivity index is 2.45. The number of hydrogen-bond donors (Lipinski definition) is 0. The van der Waals surface area contributed by atoms with Crippen molar-refractivity contribution < 1.29 is 9.53 Å². The first-order valence-corrected chi connectivity index (χ1v) is 4.74. The molecule has 80 valence electrons. The van der Waals surface area contributed by atoms with Gasteiger partial charge in [0, 0.05) is 35.8 Å². The number of carbonyl (C=O) groups excluding carboxylic acids is 1. The molecule has 0 radical (unpaired) electrons. The predicted molar refractivity (Wildman–Crippen MR) is 59.4 cm³/mol. The van der Waals surface area contributed by atoms with Gasteiger partial charge in [-0.25, -0.2) is 4.98 Å². The van der Waals surface area contributed by atoms with Crippen LogP contribution in [0.25, 0.3) is 11.1 Å². The lowest BCUT2D eigenvalue weighted by molar-refractivity contribution is 0.112. The Morgan fingerprint density at radius 3 is 2.88 bits per heavy atom. The summed E-state index contributed by atoms with van der Waals surface area (Å²) in [6, 6.07) is 5.41. The summed E-state index contributed by atoms with van der Waals surface area (Å²) >= 11 is 0. The molecule has 0 aromatic carbocycles. The monoisotopic (exact) mass is 214 g/mol. The number of carbonyl (C=O) groups is 1. The quantitative estimate of drug-likeness (QED) is 0.733. The summed E-state index contributed by atoms with van der Waals surface area (Å²) in [4.78, 5) is 18.6. The van der Waals surface area contributed by atoms with E-state index in [9.17, 15) is 4.79 Å². The van der Waals surface area contributed by atoms with Crippen molar-refractivity contribution >= 4 is 6.29 Å². The summed E-state index contributed by atoms with van der Waals surface area (Å²) in [5.41, 5.74) is 2.33. The maximum Gasteiger partial charge on any atom is 0.213 e. The van der Waals surface area contributed by atoms with Crippen molar-refractivity contribution in [3.05, 3.63) is 42.4 Å². The summed E-state index contributed by atoms with van der Waals surface area (Å²) in [5, 5.41) is 0. The minimum absolute atomic E-state index is 0.536. The average Bonchev–Trinajstić information content (AvgIpc) is 2.39.